The zero-order valence-corrected chi connectivity index (χ0v) is 24.0. The summed E-state index contributed by atoms with van der Waals surface area (Å²) in [6.07, 6.45) is 2.00. The van der Waals surface area contributed by atoms with Crippen molar-refractivity contribution in [2.75, 3.05) is 12.3 Å². The standard InChI is InChI=1S/C22H26N8O12S2/c23-20-26-11(9-43-20)15(28-42-22(19(35)36)3-1-2-4-22)17(33)27-16-12(30(18(16)34)44(39,40)41)7-25-21(37)24-6-10-5-13(31)14(32)8-29(10)38/h5,8-9,12,16,32,38H,1-4,6-7H2,(H2,23,26)(H,27,33)(H,35,36)(H2,24,25,37)(H,39,40,41)/t12-,16-/m0/s1. The summed E-state index contributed by atoms with van der Waals surface area (Å²) in [5, 5.41) is 40.5. The Balaban J connectivity index is 1.49. The smallest absolute Gasteiger partial charge is 0.362 e. The van der Waals surface area contributed by atoms with Crippen LogP contribution in [0.25, 0.3) is 0 Å². The van der Waals surface area contributed by atoms with Crippen molar-refractivity contribution in [1.82, 2.24) is 30.0 Å². The number of carboxylic acid groups (broad SMARTS) is 1. The highest BCUT2D eigenvalue weighted by atomic mass is 32.2. The molecule has 4 rings (SSSR count). The first-order valence-corrected chi connectivity index (χ1v) is 14.9. The molecule has 2 fully saturated rings. The van der Waals surface area contributed by atoms with Crippen LogP contribution in [-0.4, -0.2) is 96.2 Å². The molecule has 1 aliphatic carbocycles. The highest BCUT2D eigenvalue weighted by Crippen LogP contribution is 2.34. The van der Waals surface area contributed by atoms with E-state index in [0.717, 1.165) is 17.4 Å². The number of aromatic hydroxyl groups is 1. The van der Waals surface area contributed by atoms with Crippen molar-refractivity contribution in [3.05, 3.63) is 39.3 Å². The van der Waals surface area contributed by atoms with E-state index in [-0.39, 0.29) is 33.7 Å². The summed E-state index contributed by atoms with van der Waals surface area (Å²) < 4.78 is 33.6. The number of nitrogens with one attached hydrogen (secondary N) is 3. The van der Waals surface area contributed by atoms with Crippen LogP contribution in [0.15, 0.2) is 27.6 Å². The lowest BCUT2D eigenvalue weighted by atomic mass is 9.98. The highest BCUT2D eigenvalue weighted by molar-refractivity contribution is 7.84. The van der Waals surface area contributed by atoms with Crippen molar-refractivity contribution in [2.45, 2.75) is 49.9 Å². The van der Waals surface area contributed by atoms with Gasteiger partial charge in [0.1, 0.15) is 11.7 Å². The van der Waals surface area contributed by atoms with Gasteiger partial charge in [0.15, 0.2) is 16.6 Å². The minimum absolute atomic E-state index is 0.0187. The number of carboxylic acids is 1. The first-order chi connectivity index (χ1) is 20.6. The molecule has 0 bridgehead atoms. The third-order valence-corrected chi connectivity index (χ3v) is 8.41. The number of β-lactam (4-membered cyclic amide) rings is 1. The SMILES string of the molecule is Nc1nc(C(=NOC2(C(=O)O)CCCC2)C(=O)N[C@@H]2C(=O)N(S(=O)(=O)O)[C@H]2CNC(=O)NCc2cc(=O)c(O)cn2O)cs1. The van der Waals surface area contributed by atoms with E-state index >= 15 is 0 Å². The van der Waals surface area contributed by atoms with Crippen LogP contribution >= 0.6 is 11.3 Å². The quantitative estimate of drug-likeness (QED) is 0.0424. The minimum atomic E-state index is -5.14. The van der Waals surface area contributed by atoms with E-state index in [9.17, 15) is 52.4 Å². The lowest BCUT2D eigenvalue weighted by Crippen LogP contribution is -2.74. The van der Waals surface area contributed by atoms with Gasteiger partial charge in [-0.3, -0.25) is 18.9 Å². The number of aliphatic carboxylic acids is 1. The molecule has 9 N–H and O–H groups in total. The number of rotatable bonds is 11. The first-order valence-electron chi connectivity index (χ1n) is 12.6. The molecule has 2 aromatic heterocycles. The van der Waals surface area contributed by atoms with Gasteiger partial charge in [0.2, 0.25) is 11.0 Å². The summed E-state index contributed by atoms with van der Waals surface area (Å²) in [7, 11) is -5.14. The molecule has 0 spiro atoms. The van der Waals surface area contributed by atoms with Crippen LogP contribution in [-0.2, 0) is 36.1 Å². The van der Waals surface area contributed by atoms with Crippen molar-refractivity contribution in [1.29, 1.82) is 0 Å². The Kier molecular flexibility index (Phi) is 8.96. The number of nitrogen functional groups attached to an aromatic ring is 1. The Hall–Kier alpha value is -4.96. The van der Waals surface area contributed by atoms with Gasteiger partial charge in [-0.2, -0.15) is 13.1 Å². The maximum absolute atomic E-state index is 13.3. The van der Waals surface area contributed by atoms with Gasteiger partial charge in [-0.05, 0) is 12.8 Å². The Bertz CT molecular complexity index is 1680. The number of carbonyl (C=O) groups excluding carboxylic acids is 3. The number of thiazole rings is 1. The number of oxime groups is 1. The lowest BCUT2D eigenvalue weighted by molar-refractivity contribution is -0.165. The van der Waals surface area contributed by atoms with Crippen LogP contribution in [0.3, 0.4) is 0 Å². The predicted octanol–water partition coefficient (Wildman–Crippen LogP) is -2.05. The fourth-order valence-corrected chi connectivity index (χ4v) is 5.94. The topological polar surface area (TPSA) is 305 Å². The van der Waals surface area contributed by atoms with Crippen LogP contribution in [0.2, 0.25) is 0 Å². The van der Waals surface area contributed by atoms with Gasteiger partial charge in [0, 0.05) is 30.8 Å². The average molecular weight is 659 g/mol. The molecule has 20 nitrogen and oxygen atoms in total. The van der Waals surface area contributed by atoms with E-state index in [1.165, 1.54) is 5.38 Å². The molecule has 3 heterocycles. The van der Waals surface area contributed by atoms with Crippen LogP contribution in [0.5, 0.6) is 5.75 Å². The number of nitrogens with zero attached hydrogens (tertiary/aromatic N) is 4. The molecule has 238 valence electrons. The summed E-state index contributed by atoms with van der Waals surface area (Å²) in [6, 6.07) is -3.31. The van der Waals surface area contributed by atoms with Gasteiger partial charge < -0.3 is 41.9 Å². The second kappa shape index (κ2) is 12.3. The average Bonchev–Trinajstić information content (AvgIpc) is 3.60. The van der Waals surface area contributed by atoms with Gasteiger partial charge in [0.25, 0.3) is 11.8 Å². The lowest BCUT2D eigenvalue weighted by Gasteiger charge is -2.44. The fourth-order valence-electron chi connectivity index (χ4n) is 4.51. The zero-order valence-electron chi connectivity index (χ0n) is 22.4. The maximum atomic E-state index is 13.3. The van der Waals surface area contributed by atoms with E-state index in [4.69, 9.17) is 10.6 Å². The Morgan fingerprint density at radius 1 is 1.23 bits per heavy atom. The van der Waals surface area contributed by atoms with Crippen LogP contribution < -0.4 is 27.1 Å². The summed E-state index contributed by atoms with van der Waals surface area (Å²) in [5.41, 5.74) is 2.28. The van der Waals surface area contributed by atoms with Gasteiger partial charge in [-0.15, -0.1) is 11.3 Å². The first kappa shape index (κ1) is 32.0. The molecule has 22 heteroatoms. The molecule has 1 aliphatic heterocycles. The second-order valence-corrected chi connectivity index (χ2v) is 11.8. The van der Waals surface area contributed by atoms with Crippen LogP contribution in [0, 0.1) is 0 Å². The van der Waals surface area contributed by atoms with Crippen molar-refractivity contribution in [2.24, 2.45) is 5.16 Å². The van der Waals surface area contributed by atoms with E-state index in [1.807, 2.05) is 0 Å². The predicted molar refractivity (Wildman–Crippen MR) is 147 cm³/mol. The van der Waals surface area contributed by atoms with Crippen LogP contribution in [0.1, 0.15) is 37.1 Å². The zero-order chi connectivity index (χ0) is 32.4. The van der Waals surface area contributed by atoms with E-state index < -0.39 is 81.8 Å². The molecular weight excluding hydrogens is 632 g/mol. The number of pyridine rings is 1. The largest absolute Gasteiger partial charge is 0.503 e. The van der Waals surface area contributed by atoms with E-state index in [1.54, 1.807) is 0 Å². The molecule has 1 saturated heterocycles. The fraction of sp³-hybridized carbons (Fsp3) is 0.409. The molecule has 2 atom stereocenters. The molecule has 0 aromatic carbocycles. The molecule has 0 radical (unpaired) electrons. The van der Waals surface area contributed by atoms with Gasteiger partial charge in [0.05, 0.1) is 24.5 Å². The van der Waals surface area contributed by atoms with Gasteiger partial charge in [-0.1, -0.05) is 5.16 Å². The molecule has 2 aromatic rings. The van der Waals surface area contributed by atoms with Crippen molar-refractivity contribution < 1.29 is 52.4 Å². The van der Waals surface area contributed by atoms with Gasteiger partial charge >= 0.3 is 22.3 Å². The van der Waals surface area contributed by atoms with Crippen molar-refractivity contribution in [3.63, 3.8) is 0 Å². The van der Waals surface area contributed by atoms with Gasteiger partial charge in [-0.25, -0.2) is 18.9 Å². The summed E-state index contributed by atoms with van der Waals surface area (Å²) in [4.78, 5) is 71.0. The second-order valence-electron chi connectivity index (χ2n) is 9.66. The Labute approximate surface area is 250 Å². The third-order valence-electron chi connectivity index (χ3n) is 6.79. The van der Waals surface area contributed by atoms with E-state index in [0.29, 0.717) is 23.8 Å². The number of anilines is 1. The number of hydrogen-bond acceptors (Lipinski definition) is 14. The molecule has 1 saturated carbocycles. The molecule has 2 aliphatic rings. The monoisotopic (exact) mass is 658 g/mol. The maximum Gasteiger partial charge on any atom is 0.362 e. The normalized spacial score (nSPS) is 19.6. The number of carbonyl (C=O) groups is 4. The number of hydrogen-bond donors (Lipinski definition) is 8. The number of amides is 4. The summed E-state index contributed by atoms with van der Waals surface area (Å²) in [6.45, 7) is -1.07. The van der Waals surface area contributed by atoms with Crippen molar-refractivity contribution >= 4 is 56.3 Å². The number of urea groups is 1. The van der Waals surface area contributed by atoms with Crippen LogP contribution in [0.4, 0.5) is 9.93 Å². The summed E-state index contributed by atoms with van der Waals surface area (Å²) in [5.74, 6) is -4.44. The Morgan fingerprint density at radius 2 is 1.91 bits per heavy atom. The Morgan fingerprint density at radius 3 is 2.50 bits per heavy atom. The summed E-state index contributed by atoms with van der Waals surface area (Å²) >= 11 is 0.919. The number of aromatic nitrogens is 2. The molecule has 4 amide bonds. The van der Waals surface area contributed by atoms with Crippen molar-refractivity contribution in [3.8, 4) is 5.75 Å². The minimum Gasteiger partial charge on any atom is -0.503 e. The van der Waals surface area contributed by atoms with E-state index in [2.05, 4.69) is 26.1 Å². The molecule has 0 unspecified atom stereocenters. The molecule has 44 heavy (non-hydrogen) atoms. The highest BCUT2D eigenvalue weighted by Gasteiger charge is 2.54. The third kappa shape index (κ3) is 6.65. The number of nitrogens with two attached hydrogens (primary N) is 1. The molecular formula is C22H26N8O12S2.